The highest BCUT2D eigenvalue weighted by atomic mass is 79.9. The monoisotopic (exact) mass is 419 g/mol. The molecule has 1 aromatic heterocycles. The third kappa shape index (κ3) is 3.31. The summed E-state index contributed by atoms with van der Waals surface area (Å²) < 4.78 is 1.83. The fraction of sp³-hybridized carbons (Fsp3) is 0.0476. The number of nitrogens with two attached hydrogens (primary N) is 2. The highest BCUT2D eigenvalue weighted by Gasteiger charge is 2.15. The van der Waals surface area contributed by atoms with E-state index >= 15 is 0 Å². The Morgan fingerprint density at radius 2 is 1.67 bits per heavy atom. The Balaban J connectivity index is 1.92. The first-order chi connectivity index (χ1) is 13.0. The van der Waals surface area contributed by atoms with Gasteiger partial charge in [-0.15, -0.1) is 0 Å². The van der Waals surface area contributed by atoms with Gasteiger partial charge in [0.25, 0.3) is 0 Å². The maximum atomic E-state index is 6.21. The van der Waals surface area contributed by atoms with Crippen molar-refractivity contribution in [1.29, 1.82) is 0 Å². The SMILES string of the molecule is Cc1ccc(N)c(-c2ccc3nc(N)nc(N(Br)c4ccccc4)c3c2)c1. The number of rotatable bonds is 3. The van der Waals surface area contributed by atoms with Gasteiger partial charge in [0.1, 0.15) is 0 Å². The van der Waals surface area contributed by atoms with Crippen molar-refractivity contribution in [3.8, 4) is 11.1 Å². The third-order valence-electron chi connectivity index (χ3n) is 4.38. The number of aryl methyl sites for hydroxylation is 1. The summed E-state index contributed by atoms with van der Waals surface area (Å²) in [5, 5.41) is 0.878. The Morgan fingerprint density at radius 3 is 2.44 bits per heavy atom. The standard InChI is InChI=1S/C21H18BrN5/c1-13-7-9-18(23)16(11-13)14-8-10-19-17(12-14)20(26-21(24)25-19)27(22)15-5-3-2-4-6-15/h2-12H,23H2,1H3,(H2,24,25,26). The number of anilines is 4. The van der Waals surface area contributed by atoms with E-state index in [1.54, 1.807) is 0 Å². The molecule has 4 aromatic rings. The van der Waals surface area contributed by atoms with Crippen LogP contribution in [0.1, 0.15) is 5.56 Å². The summed E-state index contributed by atoms with van der Waals surface area (Å²) in [4.78, 5) is 8.84. The van der Waals surface area contributed by atoms with E-state index in [0.29, 0.717) is 5.82 Å². The highest BCUT2D eigenvalue weighted by Crippen LogP contribution is 2.36. The molecule has 0 atom stereocenters. The molecule has 0 aliphatic heterocycles. The van der Waals surface area contributed by atoms with Gasteiger partial charge in [-0.1, -0.05) is 35.9 Å². The van der Waals surface area contributed by atoms with E-state index in [-0.39, 0.29) is 5.95 Å². The van der Waals surface area contributed by atoms with E-state index in [1.165, 1.54) is 0 Å². The van der Waals surface area contributed by atoms with E-state index in [4.69, 9.17) is 11.5 Å². The molecule has 4 rings (SSSR count). The number of nitrogen functional groups attached to an aromatic ring is 2. The molecule has 134 valence electrons. The first-order valence-electron chi connectivity index (χ1n) is 8.47. The van der Waals surface area contributed by atoms with Crippen molar-refractivity contribution in [3.05, 3.63) is 72.3 Å². The van der Waals surface area contributed by atoms with Gasteiger partial charge in [0.05, 0.1) is 27.4 Å². The van der Waals surface area contributed by atoms with Crippen molar-refractivity contribution in [2.24, 2.45) is 0 Å². The Bertz CT molecular complexity index is 1130. The van der Waals surface area contributed by atoms with Gasteiger partial charge in [-0.05, 0) is 48.9 Å². The van der Waals surface area contributed by atoms with Crippen molar-refractivity contribution in [3.63, 3.8) is 0 Å². The smallest absolute Gasteiger partial charge is 0.222 e. The number of hydrogen-bond acceptors (Lipinski definition) is 5. The molecular weight excluding hydrogens is 402 g/mol. The van der Waals surface area contributed by atoms with Crippen molar-refractivity contribution in [2.75, 3.05) is 15.4 Å². The van der Waals surface area contributed by atoms with Crippen molar-refractivity contribution in [1.82, 2.24) is 9.97 Å². The van der Waals surface area contributed by atoms with Crippen LogP contribution in [0.25, 0.3) is 22.0 Å². The molecule has 0 fully saturated rings. The van der Waals surface area contributed by atoms with Gasteiger partial charge in [-0.25, -0.2) is 4.98 Å². The zero-order valence-corrected chi connectivity index (χ0v) is 16.3. The van der Waals surface area contributed by atoms with Crippen LogP contribution in [-0.2, 0) is 0 Å². The number of halogens is 1. The van der Waals surface area contributed by atoms with Gasteiger partial charge in [0, 0.05) is 16.6 Å². The normalized spacial score (nSPS) is 10.9. The number of benzene rings is 3. The van der Waals surface area contributed by atoms with Crippen LogP contribution in [0.15, 0.2) is 66.7 Å². The number of aromatic nitrogens is 2. The van der Waals surface area contributed by atoms with Gasteiger partial charge >= 0.3 is 0 Å². The van der Waals surface area contributed by atoms with E-state index in [2.05, 4.69) is 39.1 Å². The van der Waals surface area contributed by atoms with Crippen LogP contribution in [0, 0.1) is 6.92 Å². The Morgan fingerprint density at radius 1 is 0.889 bits per heavy atom. The average Bonchev–Trinajstić information content (AvgIpc) is 2.69. The zero-order valence-electron chi connectivity index (χ0n) is 14.7. The molecule has 0 amide bonds. The molecule has 0 saturated heterocycles. The third-order valence-corrected chi connectivity index (χ3v) is 5.13. The van der Waals surface area contributed by atoms with Crippen LogP contribution >= 0.6 is 16.1 Å². The molecule has 0 spiro atoms. The molecule has 27 heavy (non-hydrogen) atoms. The van der Waals surface area contributed by atoms with Gasteiger partial charge in [-0.3, -0.25) is 3.93 Å². The lowest BCUT2D eigenvalue weighted by molar-refractivity contribution is 1.21. The molecule has 0 radical (unpaired) electrons. The first kappa shape index (κ1) is 17.3. The number of fused-ring (bicyclic) bond motifs is 1. The molecular formula is C21H18BrN5. The van der Waals surface area contributed by atoms with Crippen molar-refractivity contribution in [2.45, 2.75) is 6.92 Å². The molecule has 0 saturated carbocycles. The quantitative estimate of drug-likeness (QED) is 0.351. The van der Waals surface area contributed by atoms with Crippen LogP contribution in [0.2, 0.25) is 0 Å². The molecule has 4 N–H and O–H groups in total. The fourth-order valence-corrected chi connectivity index (χ4v) is 3.56. The Hall–Kier alpha value is -3.12. The van der Waals surface area contributed by atoms with Crippen LogP contribution in [0.4, 0.5) is 23.1 Å². The number of nitrogens with zero attached hydrogens (tertiary/aromatic N) is 3. The molecule has 6 heteroatoms. The zero-order chi connectivity index (χ0) is 19.0. The van der Waals surface area contributed by atoms with E-state index in [1.807, 2.05) is 64.6 Å². The lowest BCUT2D eigenvalue weighted by Crippen LogP contribution is -2.07. The van der Waals surface area contributed by atoms with Crippen LogP contribution in [0.5, 0.6) is 0 Å². The van der Waals surface area contributed by atoms with Crippen LogP contribution in [-0.4, -0.2) is 9.97 Å². The summed E-state index contributed by atoms with van der Waals surface area (Å²) >= 11 is 3.62. The minimum atomic E-state index is 0.223. The highest BCUT2D eigenvalue weighted by molar-refractivity contribution is 9.10. The predicted octanol–water partition coefficient (Wildman–Crippen LogP) is 5.22. The van der Waals surface area contributed by atoms with Crippen molar-refractivity contribution >= 4 is 50.2 Å². The van der Waals surface area contributed by atoms with Crippen LogP contribution < -0.4 is 15.4 Å². The molecule has 0 aliphatic carbocycles. The summed E-state index contributed by atoms with van der Waals surface area (Å²) in [6.07, 6.45) is 0. The summed E-state index contributed by atoms with van der Waals surface area (Å²) in [5.41, 5.74) is 17.7. The second-order valence-corrected chi connectivity index (χ2v) is 7.05. The number of para-hydroxylation sites is 1. The molecule has 5 nitrogen and oxygen atoms in total. The Kier molecular flexibility index (Phi) is 4.41. The van der Waals surface area contributed by atoms with E-state index < -0.39 is 0 Å². The maximum absolute atomic E-state index is 6.21. The predicted molar refractivity (Wildman–Crippen MR) is 116 cm³/mol. The summed E-state index contributed by atoms with van der Waals surface area (Å²) in [5.74, 6) is 0.900. The first-order valence-corrected chi connectivity index (χ1v) is 9.18. The molecule has 0 bridgehead atoms. The molecule has 1 heterocycles. The molecule has 3 aromatic carbocycles. The second-order valence-electron chi connectivity index (χ2n) is 6.34. The average molecular weight is 420 g/mol. The van der Waals surface area contributed by atoms with Gasteiger partial charge in [-0.2, -0.15) is 4.98 Å². The maximum Gasteiger partial charge on any atom is 0.222 e. The molecule has 0 unspecified atom stereocenters. The van der Waals surface area contributed by atoms with Gasteiger partial charge in [0.2, 0.25) is 5.95 Å². The largest absolute Gasteiger partial charge is 0.398 e. The second kappa shape index (κ2) is 6.89. The van der Waals surface area contributed by atoms with E-state index in [9.17, 15) is 0 Å². The lowest BCUT2D eigenvalue weighted by Gasteiger charge is -2.18. The van der Waals surface area contributed by atoms with Gasteiger partial charge in [0.15, 0.2) is 5.82 Å². The fourth-order valence-electron chi connectivity index (χ4n) is 3.05. The van der Waals surface area contributed by atoms with Gasteiger partial charge < -0.3 is 11.5 Å². The topological polar surface area (TPSA) is 81.1 Å². The minimum absolute atomic E-state index is 0.223. The summed E-state index contributed by atoms with van der Waals surface area (Å²) in [6.45, 7) is 2.05. The minimum Gasteiger partial charge on any atom is -0.398 e. The van der Waals surface area contributed by atoms with Crippen molar-refractivity contribution < 1.29 is 0 Å². The summed E-state index contributed by atoms with van der Waals surface area (Å²) in [6, 6.07) is 21.9. The Labute approximate surface area is 166 Å². The van der Waals surface area contributed by atoms with E-state index in [0.717, 1.165) is 39.0 Å². The van der Waals surface area contributed by atoms with Crippen LogP contribution in [0.3, 0.4) is 0 Å². The number of hydrogen-bond donors (Lipinski definition) is 2. The lowest BCUT2D eigenvalue weighted by atomic mass is 10.00. The summed E-state index contributed by atoms with van der Waals surface area (Å²) in [7, 11) is 0. The molecule has 0 aliphatic rings.